The highest BCUT2D eigenvalue weighted by Crippen LogP contribution is 2.42. The molecule has 2 aliphatic heterocycles. The fourth-order valence-corrected chi connectivity index (χ4v) is 4.25. The minimum Gasteiger partial charge on any atom is -0.478 e. The molecule has 0 amide bonds. The zero-order valence-corrected chi connectivity index (χ0v) is 15.2. The lowest BCUT2D eigenvalue weighted by atomic mass is 9.93. The molecule has 1 fully saturated rings. The molecule has 0 unspecified atom stereocenters. The summed E-state index contributed by atoms with van der Waals surface area (Å²) in [5.41, 5.74) is 2.31. The van der Waals surface area contributed by atoms with E-state index < -0.39 is 0 Å². The number of pyridine rings is 1. The van der Waals surface area contributed by atoms with Crippen LogP contribution < -0.4 is 9.47 Å². The molecule has 0 bridgehead atoms. The molecular formula is C22H22N2O3. The summed E-state index contributed by atoms with van der Waals surface area (Å²) in [5, 5.41) is 0. The SMILES string of the molecule is O=C1/C(=C\c2ccccn2)Oc2c1ccc1c2CN(C2CCCCC2)CO1. The standard InChI is InChI=1S/C22H22N2O3/c25-21-17-9-10-19-18(13-24(14-26-19)16-7-2-1-3-8-16)22(17)27-20(21)12-15-6-4-5-11-23-15/h4-6,9-12,16H,1-3,7-8,13-14H2/b20-12+. The maximum atomic E-state index is 12.8. The molecule has 0 N–H and O–H groups in total. The van der Waals surface area contributed by atoms with Crippen molar-refractivity contribution in [2.24, 2.45) is 0 Å². The quantitative estimate of drug-likeness (QED) is 0.750. The molecule has 27 heavy (non-hydrogen) atoms. The van der Waals surface area contributed by atoms with Crippen molar-refractivity contribution in [2.75, 3.05) is 6.73 Å². The van der Waals surface area contributed by atoms with Crippen LogP contribution >= 0.6 is 0 Å². The Hall–Kier alpha value is -2.66. The molecule has 1 aromatic heterocycles. The van der Waals surface area contributed by atoms with E-state index in [2.05, 4.69) is 9.88 Å². The monoisotopic (exact) mass is 362 g/mol. The minimum atomic E-state index is -0.0896. The number of nitrogens with zero attached hydrogens (tertiary/aromatic N) is 2. The average molecular weight is 362 g/mol. The van der Waals surface area contributed by atoms with Crippen molar-refractivity contribution in [2.45, 2.75) is 44.7 Å². The van der Waals surface area contributed by atoms with Crippen LogP contribution in [0.4, 0.5) is 0 Å². The van der Waals surface area contributed by atoms with Crippen molar-refractivity contribution in [1.29, 1.82) is 0 Å². The number of hydrogen-bond acceptors (Lipinski definition) is 5. The second-order valence-electron chi connectivity index (χ2n) is 7.43. The third-order valence-electron chi connectivity index (χ3n) is 5.70. The topological polar surface area (TPSA) is 51.7 Å². The molecular weight excluding hydrogens is 340 g/mol. The molecule has 5 heteroatoms. The lowest BCUT2D eigenvalue weighted by Gasteiger charge is -2.37. The van der Waals surface area contributed by atoms with Gasteiger partial charge in [-0.25, -0.2) is 0 Å². The summed E-state index contributed by atoms with van der Waals surface area (Å²) in [5.74, 6) is 1.72. The number of carbonyl (C=O) groups is 1. The second-order valence-corrected chi connectivity index (χ2v) is 7.43. The van der Waals surface area contributed by atoms with Crippen LogP contribution in [-0.2, 0) is 6.54 Å². The third-order valence-corrected chi connectivity index (χ3v) is 5.70. The third kappa shape index (κ3) is 3.02. The van der Waals surface area contributed by atoms with Gasteiger partial charge in [0, 0.05) is 24.9 Å². The summed E-state index contributed by atoms with van der Waals surface area (Å²) >= 11 is 0. The zero-order valence-electron chi connectivity index (χ0n) is 15.2. The Labute approximate surface area is 158 Å². The highest BCUT2D eigenvalue weighted by atomic mass is 16.5. The second kappa shape index (κ2) is 6.82. The van der Waals surface area contributed by atoms with Crippen molar-refractivity contribution < 1.29 is 14.3 Å². The van der Waals surface area contributed by atoms with Gasteiger partial charge in [-0.1, -0.05) is 25.3 Å². The number of allylic oxidation sites excluding steroid dienone is 1. The lowest BCUT2D eigenvalue weighted by Crippen LogP contribution is -2.41. The highest BCUT2D eigenvalue weighted by Gasteiger charge is 2.35. The van der Waals surface area contributed by atoms with Gasteiger partial charge in [0.1, 0.15) is 18.2 Å². The number of aromatic nitrogens is 1. The van der Waals surface area contributed by atoms with Crippen LogP contribution in [0.2, 0.25) is 0 Å². The first-order chi connectivity index (χ1) is 13.3. The van der Waals surface area contributed by atoms with Gasteiger partial charge in [-0.3, -0.25) is 14.7 Å². The van der Waals surface area contributed by atoms with Gasteiger partial charge in [0.25, 0.3) is 0 Å². The van der Waals surface area contributed by atoms with Gasteiger partial charge in [0.2, 0.25) is 5.78 Å². The van der Waals surface area contributed by atoms with Gasteiger partial charge in [-0.2, -0.15) is 0 Å². The number of rotatable bonds is 2. The molecule has 1 aliphatic carbocycles. The van der Waals surface area contributed by atoms with E-state index in [-0.39, 0.29) is 5.78 Å². The van der Waals surface area contributed by atoms with Crippen LogP contribution in [0.25, 0.3) is 6.08 Å². The predicted molar refractivity (Wildman–Crippen MR) is 102 cm³/mol. The molecule has 0 saturated heterocycles. The van der Waals surface area contributed by atoms with Gasteiger partial charge < -0.3 is 9.47 Å². The molecule has 138 valence electrons. The van der Waals surface area contributed by atoms with Crippen LogP contribution in [0.1, 0.15) is 53.7 Å². The summed E-state index contributed by atoms with van der Waals surface area (Å²) in [7, 11) is 0. The largest absolute Gasteiger partial charge is 0.478 e. The molecule has 0 spiro atoms. The van der Waals surface area contributed by atoms with Gasteiger partial charge >= 0.3 is 0 Å². The smallest absolute Gasteiger partial charge is 0.232 e. The summed E-state index contributed by atoms with van der Waals surface area (Å²) in [6, 6.07) is 9.87. The Morgan fingerprint density at radius 1 is 1.11 bits per heavy atom. The summed E-state index contributed by atoms with van der Waals surface area (Å²) in [4.78, 5) is 19.4. The fraction of sp³-hybridized carbons (Fsp3) is 0.364. The maximum Gasteiger partial charge on any atom is 0.232 e. The molecule has 0 atom stereocenters. The van der Waals surface area contributed by atoms with Crippen molar-refractivity contribution in [1.82, 2.24) is 9.88 Å². The number of ether oxygens (including phenoxy) is 2. The zero-order chi connectivity index (χ0) is 18.2. The van der Waals surface area contributed by atoms with Crippen LogP contribution in [0.3, 0.4) is 0 Å². The van der Waals surface area contributed by atoms with E-state index in [1.54, 1.807) is 12.3 Å². The fourth-order valence-electron chi connectivity index (χ4n) is 4.25. The van der Waals surface area contributed by atoms with Crippen molar-refractivity contribution in [3.63, 3.8) is 0 Å². The van der Waals surface area contributed by atoms with E-state index in [0.29, 0.717) is 35.5 Å². The predicted octanol–water partition coefficient (Wildman–Crippen LogP) is 4.18. The Balaban J connectivity index is 1.45. The first-order valence-corrected chi connectivity index (χ1v) is 9.67. The van der Waals surface area contributed by atoms with Gasteiger partial charge in [-0.05, 0) is 37.1 Å². The first-order valence-electron chi connectivity index (χ1n) is 9.67. The van der Waals surface area contributed by atoms with E-state index in [0.717, 1.165) is 17.9 Å². The van der Waals surface area contributed by atoms with Crippen LogP contribution in [0.5, 0.6) is 11.5 Å². The molecule has 0 radical (unpaired) electrons. The van der Waals surface area contributed by atoms with Crippen molar-refractivity contribution in [3.05, 3.63) is 59.1 Å². The van der Waals surface area contributed by atoms with E-state index in [1.807, 2.05) is 30.3 Å². The Kier molecular flexibility index (Phi) is 4.17. The van der Waals surface area contributed by atoms with Crippen LogP contribution in [0.15, 0.2) is 42.3 Å². The summed E-state index contributed by atoms with van der Waals surface area (Å²) in [6.07, 6.45) is 9.75. The number of carbonyl (C=O) groups excluding carboxylic acids is 1. The molecule has 3 heterocycles. The van der Waals surface area contributed by atoms with Gasteiger partial charge in [0.15, 0.2) is 5.76 Å². The minimum absolute atomic E-state index is 0.0896. The Morgan fingerprint density at radius 3 is 2.81 bits per heavy atom. The number of fused-ring (bicyclic) bond motifs is 3. The number of hydrogen-bond donors (Lipinski definition) is 0. The van der Waals surface area contributed by atoms with Crippen molar-refractivity contribution in [3.8, 4) is 11.5 Å². The van der Waals surface area contributed by atoms with Crippen molar-refractivity contribution >= 4 is 11.9 Å². The first kappa shape index (κ1) is 16.5. The molecule has 5 nitrogen and oxygen atoms in total. The Morgan fingerprint density at radius 2 is 2.00 bits per heavy atom. The van der Waals surface area contributed by atoms with E-state index in [9.17, 15) is 4.79 Å². The highest BCUT2D eigenvalue weighted by molar-refractivity contribution is 6.14. The lowest BCUT2D eigenvalue weighted by molar-refractivity contribution is 0.0394. The Bertz CT molecular complexity index is 901. The summed E-state index contributed by atoms with van der Waals surface area (Å²) in [6.45, 7) is 1.38. The van der Waals surface area contributed by atoms with Crippen LogP contribution in [-0.4, -0.2) is 28.4 Å². The summed E-state index contributed by atoms with van der Waals surface area (Å²) < 4.78 is 12.0. The van der Waals surface area contributed by atoms with E-state index in [1.165, 1.54) is 32.1 Å². The molecule has 5 rings (SSSR count). The number of benzene rings is 1. The maximum absolute atomic E-state index is 12.8. The average Bonchev–Trinajstić information content (AvgIpc) is 3.05. The van der Waals surface area contributed by atoms with Gasteiger partial charge in [-0.15, -0.1) is 0 Å². The molecule has 2 aromatic rings. The van der Waals surface area contributed by atoms with Crippen LogP contribution in [0, 0.1) is 0 Å². The van der Waals surface area contributed by atoms with E-state index in [4.69, 9.17) is 9.47 Å². The molecule has 1 aromatic carbocycles. The molecule has 3 aliphatic rings. The normalized spacial score (nSPS) is 21.5. The van der Waals surface area contributed by atoms with Gasteiger partial charge in [0.05, 0.1) is 16.8 Å². The number of ketones is 1. The van der Waals surface area contributed by atoms with E-state index >= 15 is 0 Å². The number of Topliss-reactive ketones (excluding diaryl/α,β-unsaturated/α-hetero) is 1. The molecule has 1 saturated carbocycles.